The molecule has 2 aliphatic heterocycles. The standard InChI is InChI=1S/C22H24N2O6/c1-14(25)23-9-8-17-15(11-23)12-24(21(26)20(17)22(27)28)18-6-2-3-7-19(18)30-13-16-5-4-10-29-16/h2-3,6-7,12,16H,4-5,8-11,13H2,1H3,(H,27,28). The van der Waals surface area contributed by atoms with E-state index in [4.69, 9.17) is 9.47 Å². The van der Waals surface area contributed by atoms with Gasteiger partial charge in [0.05, 0.1) is 11.8 Å². The maximum Gasteiger partial charge on any atom is 0.341 e. The Balaban J connectivity index is 1.77. The van der Waals surface area contributed by atoms with Gasteiger partial charge in [-0.05, 0) is 42.5 Å². The maximum atomic E-state index is 13.1. The summed E-state index contributed by atoms with van der Waals surface area (Å²) in [5.41, 5.74) is 0.766. The number of hydrogen-bond donors (Lipinski definition) is 1. The minimum atomic E-state index is -1.26. The number of para-hydroxylation sites is 2. The summed E-state index contributed by atoms with van der Waals surface area (Å²) in [6.45, 7) is 3.22. The zero-order chi connectivity index (χ0) is 21.3. The van der Waals surface area contributed by atoms with Gasteiger partial charge in [0.2, 0.25) is 5.91 Å². The van der Waals surface area contributed by atoms with Crippen molar-refractivity contribution in [2.45, 2.75) is 38.8 Å². The molecule has 1 fully saturated rings. The summed E-state index contributed by atoms with van der Waals surface area (Å²) in [6.07, 6.45) is 3.90. The van der Waals surface area contributed by atoms with Crippen LogP contribution in [0.3, 0.4) is 0 Å². The highest BCUT2D eigenvalue weighted by Crippen LogP contribution is 2.26. The van der Waals surface area contributed by atoms with Gasteiger partial charge in [0.1, 0.15) is 17.9 Å². The largest absolute Gasteiger partial charge is 0.489 e. The molecule has 3 heterocycles. The topological polar surface area (TPSA) is 98.1 Å². The first-order valence-corrected chi connectivity index (χ1v) is 10.1. The fourth-order valence-corrected chi connectivity index (χ4v) is 4.06. The van der Waals surface area contributed by atoms with Crippen LogP contribution in [0, 0.1) is 0 Å². The Morgan fingerprint density at radius 2 is 2.10 bits per heavy atom. The average Bonchev–Trinajstić information content (AvgIpc) is 3.25. The number of carbonyl (C=O) groups excluding carboxylic acids is 1. The Labute approximate surface area is 173 Å². The molecule has 158 valence electrons. The van der Waals surface area contributed by atoms with E-state index < -0.39 is 11.5 Å². The highest BCUT2D eigenvalue weighted by molar-refractivity contribution is 5.89. The van der Waals surface area contributed by atoms with Gasteiger partial charge in [0.25, 0.3) is 5.56 Å². The average molecular weight is 412 g/mol. The van der Waals surface area contributed by atoms with Crippen molar-refractivity contribution < 1.29 is 24.2 Å². The number of rotatable bonds is 5. The lowest BCUT2D eigenvalue weighted by Gasteiger charge is -2.29. The summed E-state index contributed by atoms with van der Waals surface area (Å²) >= 11 is 0. The molecule has 0 saturated carbocycles. The van der Waals surface area contributed by atoms with Crippen molar-refractivity contribution in [2.75, 3.05) is 19.8 Å². The minimum Gasteiger partial charge on any atom is -0.489 e. The van der Waals surface area contributed by atoms with Gasteiger partial charge in [-0.3, -0.25) is 14.2 Å². The van der Waals surface area contributed by atoms with Crippen molar-refractivity contribution in [3.63, 3.8) is 0 Å². The first kappa shape index (κ1) is 20.2. The predicted octanol–water partition coefficient (Wildman–Crippen LogP) is 2.00. The molecule has 1 aromatic heterocycles. The third-order valence-electron chi connectivity index (χ3n) is 5.63. The monoisotopic (exact) mass is 412 g/mol. The van der Waals surface area contributed by atoms with Crippen LogP contribution in [0.4, 0.5) is 0 Å². The van der Waals surface area contributed by atoms with Crippen LogP contribution in [-0.4, -0.2) is 52.3 Å². The summed E-state index contributed by atoms with van der Waals surface area (Å²) < 4.78 is 12.8. The number of carboxylic acid groups (broad SMARTS) is 1. The first-order chi connectivity index (χ1) is 14.5. The van der Waals surface area contributed by atoms with Gasteiger partial charge in [0, 0.05) is 32.8 Å². The number of amides is 1. The fourth-order valence-electron chi connectivity index (χ4n) is 4.06. The van der Waals surface area contributed by atoms with Gasteiger partial charge in [-0.1, -0.05) is 12.1 Å². The Morgan fingerprint density at radius 3 is 2.80 bits per heavy atom. The molecule has 8 heteroatoms. The molecule has 1 amide bonds. The van der Waals surface area contributed by atoms with Gasteiger partial charge in [-0.15, -0.1) is 0 Å². The van der Waals surface area contributed by atoms with E-state index in [0.717, 1.165) is 12.8 Å². The van der Waals surface area contributed by atoms with Crippen LogP contribution in [-0.2, 0) is 22.5 Å². The van der Waals surface area contributed by atoms with Crippen LogP contribution in [0.1, 0.15) is 41.3 Å². The minimum absolute atomic E-state index is 0.0111. The van der Waals surface area contributed by atoms with E-state index in [2.05, 4.69) is 0 Å². The summed E-state index contributed by atoms with van der Waals surface area (Å²) in [7, 11) is 0. The number of aromatic nitrogens is 1. The smallest absolute Gasteiger partial charge is 0.341 e. The third kappa shape index (κ3) is 3.82. The van der Waals surface area contributed by atoms with E-state index in [-0.39, 0.29) is 24.1 Å². The molecule has 1 saturated heterocycles. The second kappa shape index (κ2) is 8.31. The molecular weight excluding hydrogens is 388 g/mol. The van der Waals surface area contributed by atoms with E-state index in [9.17, 15) is 19.5 Å². The zero-order valence-electron chi connectivity index (χ0n) is 16.8. The Kier molecular flexibility index (Phi) is 5.59. The molecule has 2 aliphatic rings. The number of ether oxygens (including phenoxy) is 2. The van der Waals surface area contributed by atoms with Gasteiger partial charge >= 0.3 is 5.97 Å². The lowest BCUT2D eigenvalue weighted by Crippen LogP contribution is -2.38. The summed E-state index contributed by atoms with van der Waals surface area (Å²) in [4.78, 5) is 38.5. The van der Waals surface area contributed by atoms with Crippen molar-refractivity contribution in [3.8, 4) is 11.4 Å². The van der Waals surface area contributed by atoms with Gasteiger partial charge in [-0.2, -0.15) is 0 Å². The molecule has 1 atom stereocenters. The number of fused-ring (bicyclic) bond motifs is 1. The molecule has 0 bridgehead atoms. The molecule has 1 N–H and O–H groups in total. The quantitative estimate of drug-likeness (QED) is 0.807. The number of benzene rings is 1. The molecule has 0 radical (unpaired) electrons. The molecule has 0 spiro atoms. The van der Waals surface area contributed by atoms with Gasteiger partial charge in [0.15, 0.2) is 0 Å². The van der Waals surface area contributed by atoms with Gasteiger partial charge < -0.3 is 19.5 Å². The van der Waals surface area contributed by atoms with E-state index >= 15 is 0 Å². The van der Waals surface area contributed by atoms with E-state index in [1.165, 1.54) is 11.5 Å². The lowest BCUT2D eigenvalue weighted by molar-refractivity contribution is -0.129. The summed E-state index contributed by atoms with van der Waals surface area (Å²) in [6, 6.07) is 7.03. The molecule has 8 nitrogen and oxygen atoms in total. The van der Waals surface area contributed by atoms with Crippen molar-refractivity contribution in [2.24, 2.45) is 0 Å². The number of pyridine rings is 1. The normalized spacial score (nSPS) is 18.2. The second-order valence-corrected chi connectivity index (χ2v) is 7.59. The molecule has 0 aliphatic carbocycles. The SMILES string of the molecule is CC(=O)N1CCc2c(cn(-c3ccccc3OCC3CCCO3)c(=O)c2C(=O)O)C1. The summed E-state index contributed by atoms with van der Waals surface area (Å²) in [5, 5.41) is 9.74. The van der Waals surface area contributed by atoms with Crippen LogP contribution < -0.4 is 10.3 Å². The van der Waals surface area contributed by atoms with Crippen LogP contribution >= 0.6 is 0 Å². The maximum absolute atomic E-state index is 13.1. The molecule has 4 rings (SSSR count). The predicted molar refractivity (Wildman–Crippen MR) is 108 cm³/mol. The lowest BCUT2D eigenvalue weighted by atomic mass is 9.96. The number of carbonyl (C=O) groups is 2. The molecule has 2 aromatic rings. The highest BCUT2D eigenvalue weighted by atomic mass is 16.5. The molecule has 1 unspecified atom stereocenters. The van der Waals surface area contributed by atoms with Crippen molar-refractivity contribution >= 4 is 11.9 Å². The van der Waals surface area contributed by atoms with Crippen molar-refractivity contribution in [3.05, 3.63) is 57.5 Å². The Morgan fingerprint density at radius 1 is 1.30 bits per heavy atom. The summed E-state index contributed by atoms with van der Waals surface area (Å²) in [5.74, 6) is -0.874. The highest BCUT2D eigenvalue weighted by Gasteiger charge is 2.28. The van der Waals surface area contributed by atoms with E-state index in [1.54, 1.807) is 35.4 Å². The zero-order valence-corrected chi connectivity index (χ0v) is 16.8. The second-order valence-electron chi connectivity index (χ2n) is 7.59. The van der Waals surface area contributed by atoms with Crippen LogP contribution in [0.15, 0.2) is 35.3 Å². The van der Waals surface area contributed by atoms with E-state index in [0.29, 0.717) is 48.7 Å². The van der Waals surface area contributed by atoms with Crippen LogP contribution in [0.25, 0.3) is 5.69 Å². The Bertz CT molecular complexity index is 1040. The van der Waals surface area contributed by atoms with Crippen LogP contribution in [0.2, 0.25) is 0 Å². The fraction of sp³-hybridized carbons (Fsp3) is 0.409. The number of nitrogens with zero attached hydrogens (tertiary/aromatic N) is 2. The number of carboxylic acids is 1. The number of aromatic carboxylic acids is 1. The van der Waals surface area contributed by atoms with E-state index in [1.807, 2.05) is 0 Å². The first-order valence-electron chi connectivity index (χ1n) is 10.1. The molecular formula is C22H24N2O6. The van der Waals surface area contributed by atoms with Crippen LogP contribution in [0.5, 0.6) is 5.75 Å². The number of hydrogen-bond acceptors (Lipinski definition) is 5. The Hall–Kier alpha value is -3.13. The third-order valence-corrected chi connectivity index (χ3v) is 5.63. The molecule has 30 heavy (non-hydrogen) atoms. The van der Waals surface area contributed by atoms with Crippen molar-refractivity contribution in [1.29, 1.82) is 0 Å². The molecule has 1 aromatic carbocycles. The van der Waals surface area contributed by atoms with Crippen molar-refractivity contribution in [1.82, 2.24) is 9.47 Å². The van der Waals surface area contributed by atoms with Gasteiger partial charge in [-0.25, -0.2) is 4.79 Å².